The number of aryl methyl sites for hydroxylation is 2. The Morgan fingerprint density at radius 2 is 1.79 bits per heavy atom. The van der Waals surface area contributed by atoms with Gasteiger partial charge in [0.1, 0.15) is 29.4 Å². The maximum absolute atomic E-state index is 13.7. The Morgan fingerprint density at radius 3 is 2.50 bits per heavy atom. The van der Waals surface area contributed by atoms with Crippen LogP contribution in [-0.2, 0) is 28.8 Å². The average molecular weight is 539 g/mol. The summed E-state index contributed by atoms with van der Waals surface area (Å²) in [5, 5.41) is 4.55. The number of halogens is 1. The van der Waals surface area contributed by atoms with E-state index in [1.54, 1.807) is 39.2 Å². The molecule has 0 saturated carbocycles. The standard InChI is InChI=1S/C28H35ClN6O3/c1-28(2,3)38-27(37)33-22(16-18-8-10-19(29)11-9-18)26(36)35-14-12-34(13-15-35)25-23-20-6-4-5-7-21(20)32-24(23)30-17-31-25/h8-11,17,22H,4-7,12-16H2,1-3H3,(H,33,37)(H,30,31,32). The number of anilines is 1. The number of H-pyrrole nitrogens is 1. The summed E-state index contributed by atoms with van der Waals surface area (Å²) >= 11 is 6.04. The van der Waals surface area contributed by atoms with Crippen molar-refractivity contribution in [3.63, 3.8) is 0 Å². The minimum atomic E-state index is -0.750. The van der Waals surface area contributed by atoms with Gasteiger partial charge in [-0.05, 0) is 69.7 Å². The third-order valence-corrected chi connectivity index (χ3v) is 7.35. The number of ether oxygens (including phenoxy) is 1. The summed E-state index contributed by atoms with van der Waals surface area (Å²) in [6, 6.07) is 6.56. The molecule has 2 aliphatic rings. The first-order valence-electron chi connectivity index (χ1n) is 13.3. The lowest BCUT2D eigenvalue weighted by atomic mass is 9.96. The Morgan fingerprint density at radius 1 is 1.08 bits per heavy atom. The van der Waals surface area contributed by atoms with Gasteiger partial charge in [0.05, 0.1) is 5.39 Å². The monoisotopic (exact) mass is 538 g/mol. The molecule has 0 spiro atoms. The quantitative estimate of drug-likeness (QED) is 0.502. The number of carbonyl (C=O) groups excluding carboxylic acids is 2. The number of nitrogens with zero attached hydrogens (tertiary/aromatic N) is 4. The molecule has 2 aromatic heterocycles. The SMILES string of the molecule is CC(C)(C)OC(=O)NC(Cc1ccc(Cl)cc1)C(=O)N1CCN(c2ncnc3[nH]c4c(c23)CCCC4)CC1. The summed E-state index contributed by atoms with van der Waals surface area (Å²) in [5.41, 5.74) is 3.75. The molecule has 1 atom stereocenters. The van der Waals surface area contributed by atoms with Gasteiger partial charge in [-0.15, -0.1) is 0 Å². The van der Waals surface area contributed by atoms with Crippen molar-refractivity contribution in [2.45, 2.75) is 64.5 Å². The van der Waals surface area contributed by atoms with E-state index in [-0.39, 0.29) is 5.91 Å². The first-order chi connectivity index (χ1) is 18.2. The maximum atomic E-state index is 13.7. The zero-order valence-electron chi connectivity index (χ0n) is 22.2. The summed E-state index contributed by atoms with van der Waals surface area (Å²) in [5.74, 6) is 0.809. The number of aromatic nitrogens is 3. The molecule has 1 aliphatic carbocycles. The number of piperazine rings is 1. The number of hydrogen-bond acceptors (Lipinski definition) is 6. The first kappa shape index (κ1) is 26.3. The van der Waals surface area contributed by atoms with Gasteiger partial charge in [0.25, 0.3) is 0 Å². The molecule has 9 nitrogen and oxygen atoms in total. The molecule has 0 bridgehead atoms. The second-order valence-corrected chi connectivity index (χ2v) is 11.5. The van der Waals surface area contributed by atoms with Gasteiger partial charge in [-0.3, -0.25) is 4.79 Å². The smallest absolute Gasteiger partial charge is 0.408 e. The number of benzene rings is 1. The van der Waals surface area contributed by atoms with Crippen LogP contribution in [0.1, 0.15) is 50.4 Å². The number of aromatic amines is 1. The molecule has 1 aromatic carbocycles. The van der Waals surface area contributed by atoms with Crippen molar-refractivity contribution < 1.29 is 14.3 Å². The van der Waals surface area contributed by atoms with Crippen molar-refractivity contribution in [3.8, 4) is 0 Å². The fourth-order valence-corrected chi connectivity index (χ4v) is 5.44. The summed E-state index contributed by atoms with van der Waals surface area (Å²) in [4.78, 5) is 43.0. The molecule has 202 valence electrons. The Balaban J connectivity index is 1.30. The molecule has 5 rings (SSSR count). The van der Waals surface area contributed by atoms with E-state index in [1.807, 2.05) is 17.0 Å². The number of alkyl carbamates (subject to hydrolysis) is 1. The van der Waals surface area contributed by atoms with E-state index in [9.17, 15) is 9.59 Å². The van der Waals surface area contributed by atoms with E-state index in [0.29, 0.717) is 37.6 Å². The lowest BCUT2D eigenvalue weighted by Crippen LogP contribution is -2.56. The highest BCUT2D eigenvalue weighted by atomic mass is 35.5. The van der Waals surface area contributed by atoms with E-state index in [4.69, 9.17) is 16.3 Å². The van der Waals surface area contributed by atoms with Crippen molar-refractivity contribution in [3.05, 3.63) is 52.4 Å². The predicted molar refractivity (Wildman–Crippen MR) is 148 cm³/mol. The highest BCUT2D eigenvalue weighted by Crippen LogP contribution is 2.33. The van der Waals surface area contributed by atoms with Crippen molar-refractivity contribution in [1.82, 2.24) is 25.2 Å². The molecule has 0 radical (unpaired) electrons. The zero-order valence-corrected chi connectivity index (χ0v) is 23.0. The number of rotatable bonds is 5. The van der Waals surface area contributed by atoms with Crippen LogP contribution in [0.25, 0.3) is 11.0 Å². The molecular formula is C28H35ClN6O3. The predicted octanol–water partition coefficient (Wildman–Crippen LogP) is 4.27. The molecule has 1 fully saturated rings. The van der Waals surface area contributed by atoms with E-state index < -0.39 is 17.7 Å². The third kappa shape index (κ3) is 5.88. The summed E-state index contributed by atoms with van der Waals surface area (Å²) < 4.78 is 5.45. The fraction of sp³-hybridized carbons (Fsp3) is 0.500. The normalized spacial score (nSPS) is 16.7. The molecule has 2 N–H and O–H groups in total. The first-order valence-corrected chi connectivity index (χ1v) is 13.7. The van der Waals surface area contributed by atoms with Gasteiger partial charge in [-0.2, -0.15) is 0 Å². The minimum Gasteiger partial charge on any atom is -0.444 e. The minimum absolute atomic E-state index is 0.127. The molecule has 1 aliphatic heterocycles. The highest BCUT2D eigenvalue weighted by Gasteiger charge is 2.32. The lowest BCUT2D eigenvalue weighted by molar-refractivity contribution is -0.133. The van der Waals surface area contributed by atoms with E-state index >= 15 is 0 Å². The van der Waals surface area contributed by atoms with E-state index in [0.717, 1.165) is 35.3 Å². The van der Waals surface area contributed by atoms with Gasteiger partial charge in [0.15, 0.2) is 0 Å². The van der Waals surface area contributed by atoms with Crippen LogP contribution in [0.5, 0.6) is 0 Å². The molecule has 1 unspecified atom stereocenters. The summed E-state index contributed by atoms with van der Waals surface area (Å²) in [6.45, 7) is 7.76. The van der Waals surface area contributed by atoms with Gasteiger partial charge >= 0.3 is 6.09 Å². The topological polar surface area (TPSA) is 103 Å². The van der Waals surface area contributed by atoms with E-state index in [2.05, 4.69) is 25.2 Å². The highest BCUT2D eigenvalue weighted by molar-refractivity contribution is 6.30. The summed E-state index contributed by atoms with van der Waals surface area (Å²) in [7, 11) is 0. The van der Waals surface area contributed by atoms with Crippen LogP contribution in [0.3, 0.4) is 0 Å². The largest absolute Gasteiger partial charge is 0.444 e. The van der Waals surface area contributed by atoms with Crippen LogP contribution in [0.4, 0.5) is 10.6 Å². The van der Waals surface area contributed by atoms with Gasteiger partial charge < -0.3 is 24.8 Å². The van der Waals surface area contributed by atoms with Crippen LogP contribution in [0.15, 0.2) is 30.6 Å². The molecule has 1 saturated heterocycles. The van der Waals surface area contributed by atoms with Crippen LogP contribution >= 0.6 is 11.6 Å². The molecule has 38 heavy (non-hydrogen) atoms. The molecule has 2 amide bonds. The van der Waals surface area contributed by atoms with Crippen LogP contribution in [-0.4, -0.2) is 69.7 Å². The third-order valence-electron chi connectivity index (χ3n) is 7.10. The van der Waals surface area contributed by atoms with Crippen LogP contribution in [0.2, 0.25) is 5.02 Å². The maximum Gasteiger partial charge on any atom is 0.408 e. The Labute approximate surface area is 227 Å². The molecule has 3 heterocycles. The van der Waals surface area contributed by atoms with Crippen molar-refractivity contribution >= 4 is 40.5 Å². The number of fused-ring (bicyclic) bond motifs is 3. The van der Waals surface area contributed by atoms with Gasteiger partial charge in [-0.25, -0.2) is 14.8 Å². The Hall–Kier alpha value is -3.33. The molecular weight excluding hydrogens is 504 g/mol. The van der Waals surface area contributed by atoms with Crippen LogP contribution in [0, 0.1) is 0 Å². The van der Waals surface area contributed by atoms with Gasteiger partial charge in [0.2, 0.25) is 5.91 Å². The van der Waals surface area contributed by atoms with Gasteiger partial charge in [0, 0.05) is 43.3 Å². The van der Waals surface area contributed by atoms with Crippen molar-refractivity contribution in [2.75, 3.05) is 31.1 Å². The van der Waals surface area contributed by atoms with Gasteiger partial charge in [-0.1, -0.05) is 23.7 Å². The van der Waals surface area contributed by atoms with Crippen molar-refractivity contribution in [2.24, 2.45) is 0 Å². The second-order valence-electron chi connectivity index (χ2n) is 11.1. The van der Waals surface area contributed by atoms with Crippen molar-refractivity contribution in [1.29, 1.82) is 0 Å². The second kappa shape index (κ2) is 10.8. The number of carbonyl (C=O) groups is 2. The molecule has 3 aromatic rings. The number of hydrogen-bond donors (Lipinski definition) is 2. The zero-order chi connectivity index (χ0) is 26.9. The molecule has 10 heteroatoms. The Kier molecular flexibility index (Phi) is 7.47. The summed E-state index contributed by atoms with van der Waals surface area (Å²) in [6.07, 6.45) is 5.81. The Bertz CT molecular complexity index is 1310. The lowest BCUT2D eigenvalue weighted by Gasteiger charge is -2.37. The number of nitrogens with one attached hydrogen (secondary N) is 2. The van der Waals surface area contributed by atoms with E-state index in [1.165, 1.54) is 24.1 Å². The van der Waals surface area contributed by atoms with Crippen LogP contribution < -0.4 is 10.2 Å². The number of amides is 2. The average Bonchev–Trinajstić information content (AvgIpc) is 3.27. The fourth-order valence-electron chi connectivity index (χ4n) is 5.32.